The lowest BCUT2D eigenvalue weighted by Crippen LogP contribution is -2.48. The van der Waals surface area contributed by atoms with E-state index in [9.17, 15) is 9.59 Å². The molecule has 0 aliphatic carbocycles. The molecule has 8 heteroatoms. The maximum atomic E-state index is 13.0. The Morgan fingerprint density at radius 1 is 1.03 bits per heavy atom. The van der Waals surface area contributed by atoms with Crippen LogP contribution in [0.15, 0.2) is 42.7 Å². The molecule has 2 aliphatic rings. The normalized spacial score (nSPS) is 17.2. The Hall–Kier alpha value is -3.29. The number of fused-ring (bicyclic) bond motifs is 1. The van der Waals surface area contributed by atoms with Crippen LogP contribution in [0.2, 0.25) is 0 Å². The Morgan fingerprint density at radius 2 is 1.75 bits per heavy atom. The molecule has 1 aromatic heterocycles. The number of rotatable bonds is 6. The van der Waals surface area contributed by atoms with Crippen molar-refractivity contribution in [3.05, 3.63) is 53.9 Å². The number of esters is 1. The van der Waals surface area contributed by atoms with E-state index in [4.69, 9.17) is 14.2 Å². The molecule has 3 heterocycles. The minimum absolute atomic E-state index is 0.189. The molecule has 0 unspecified atom stereocenters. The van der Waals surface area contributed by atoms with Gasteiger partial charge in [-0.1, -0.05) is 6.07 Å². The second-order valence-electron chi connectivity index (χ2n) is 10.6. The monoisotopic (exact) mass is 495 g/mol. The van der Waals surface area contributed by atoms with Crippen LogP contribution in [0.4, 0.5) is 10.5 Å². The van der Waals surface area contributed by atoms with Gasteiger partial charge in [0.05, 0.1) is 6.61 Å². The molecule has 1 fully saturated rings. The van der Waals surface area contributed by atoms with Gasteiger partial charge >= 0.3 is 12.1 Å². The van der Waals surface area contributed by atoms with Crippen LogP contribution < -0.4 is 9.64 Å². The minimum atomic E-state index is -0.678. The topological polar surface area (TPSA) is 81.2 Å². The number of pyridine rings is 1. The lowest BCUT2D eigenvalue weighted by molar-refractivity contribution is -0.159. The molecular weight excluding hydrogens is 458 g/mol. The Kier molecular flexibility index (Phi) is 7.71. The van der Waals surface area contributed by atoms with Gasteiger partial charge in [0.2, 0.25) is 0 Å². The summed E-state index contributed by atoms with van der Waals surface area (Å²) in [4.78, 5) is 33.6. The smallest absolute Gasteiger partial charge is 0.410 e. The zero-order valence-corrected chi connectivity index (χ0v) is 21.8. The van der Waals surface area contributed by atoms with Crippen molar-refractivity contribution >= 4 is 17.7 Å². The predicted molar refractivity (Wildman–Crippen MR) is 137 cm³/mol. The standard InChI is InChI=1S/C28H37N3O5/c1-5-34-25(32)28(11-16-30(17-12-28)23-8-13-29-14-9-23)20-35-24-7-6-22-19-31(15-10-21(22)18-24)26(33)36-27(2,3)4/h6-9,13-14,18H,5,10-12,15-17,19-20H2,1-4H3. The summed E-state index contributed by atoms with van der Waals surface area (Å²) in [7, 11) is 0. The van der Waals surface area contributed by atoms with Crippen molar-refractivity contribution in [1.82, 2.24) is 9.88 Å². The van der Waals surface area contributed by atoms with Gasteiger partial charge in [0.25, 0.3) is 0 Å². The summed E-state index contributed by atoms with van der Waals surface area (Å²) >= 11 is 0. The van der Waals surface area contributed by atoms with E-state index in [0.717, 1.165) is 42.1 Å². The third-order valence-electron chi connectivity index (χ3n) is 6.81. The number of amides is 1. The van der Waals surface area contributed by atoms with Gasteiger partial charge in [-0.15, -0.1) is 0 Å². The van der Waals surface area contributed by atoms with Crippen molar-refractivity contribution in [2.24, 2.45) is 5.41 Å². The molecule has 0 saturated carbocycles. The summed E-state index contributed by atoms with van der Waals surface area (Å²) in [6.45, 7) is 10.7. The molecule has 4 rings (SSSR count). The Balaban J connectivity index is 1.40. The fourth-order valence-electron chi connectivity index (χ4n) is 4.76. The molecule has 0 radical (unpaired) electrons. The molecule has 0 bridgehead atoms. The zero-order valence-electron chi connectivity index (χ0n) is 21.8. The van der Waals surface area contributed by atoms with Crippen molar-refractivity contribution in [2.45, 2.75) is 59.1 Å². The summed E-state index contributed by atoms with van der Waals surface area (Å²) in [6, 6.07) is 9.94. The Labute approximate surface area is 213 Å². The van der Waals surface area contributed by atoms with Gasteiger partial charge in [-0.3, -0.25) is 9.78 Å². The van der Waals surface area contributed by atoms with Crippen LogP contribution in [-0.2, 0) is 27.2 Å². The minimum Gasteiger partial charge on any atom is -0.492 e. The molecule has 8 nitrogen and oxygen atoms in total. The fourth-order valence-corrected chi connectivity index (χ4v) is 4.76. The molecule has 1 amide bonds. The number of hydrogen-bond acceptors (Lipinski definition) is 7. The maximum Gasteiger partial charge on any atom is 0.410 e. The number of benzene rings is 1. The van der Waals surface area contributed by atoms with Crippen LogP contribution in [-0.4, -0.2) is 60.4 Å². The number of hydrogen-bond donors (Lipinski definition) is 0. The molecule has 1 aromatic carbocycles. The van der Waals surface area contributed by atoms with Crippen LogP contribution >= 0.6 is 0 Å². The van der Waals surface area contributed by atoms with Crippen molar-refractivity contribution < 1.29 is 23.8 Å². The molecule has 2 aromatic rings. The third kappa shape index (κ3) is 6.09. The average molecular weight is 496 g/mol. The second kappa shape index (κ2) is 10.8. The van der Waals surface area contributed by atoms with E-state index < -0.39 is 11.0 Å². The van der Waals surface area contributed by atoms with E-state index in [0.29, 0.717) is 32.5 Å². The van der Waals surface area contributed by atoms with E-state index in [1.54, 1.807) is 17.3 Å². The van der Waals surface area contributed by atoms with E-state index in [-0.39, 0.29) is 18.7 Å². The van der Waals surface area contributed by atoms with Crippen LogP contribution in [0.5, 0.6) is 5.75 Å². The predicted octanol–water partition coefficient (Wildman–Crippen LogP) is 4.60. The van der Waals surface area contributed by atoms with Crippen LogP contribution in [0.3, 0.4) is 0 Å². The summed E-state index contributed by atoms with van der Waals surface area (Å²) in [5.74, 6) is 0.546. The number of carbonyl (C=O) groups excluding carboxylic acids is 2. The van der Waals surface area contributed by atoms with Gasteiger partial charge in [0.1, 0.15) is 23.4 Å². The third-order valence-corrected chi connectivity index (χ3v) is 6.81. The van der Waals surface area contributed by atoms with E-state index in [1.807, 2.05) is 58.0 Å². The number of carbonyl (C=O) groups is 2. The van der Waals surface area contributed by atoms with Gasteiger partial charge in [-0.25, -0.2) is 4.79 Å². The highest BCUT2D eigenvalue weighted by Gasteiger charge is 2.44. The molecule has 1 saturated heterocycles. The lowest BCUT2D eigenvalue weighted by atomic mass is 9.79. The first-order valence-corrected chi connectivity index (χ1v) is 12.7. The number of piperidine rings is 1. The fraction of sp³-hybridized carbons (Fsp3) is 0.536. The molecule has 2 aliphatic heterocycles. The van der Waals surface area contributed by atoms with Gasteiger partial charge in [0.15, 0.2) is 0 Å². The maximum absolute atomic E-state index is 13.0. The largest absolute Gasteiger partial charge is 0.492 e. The van der Waals surface area contributed by atoms with E-state index in [1.165, 1.54) is 0 Å². The van der Waals surface area contributed by atoms with Crippen molar-refractivity contribution in [3.63, 3.8) is 0 Å². The molecule has 0 N–H and O–H groups in total. The van der Waals surface area contributed by atoms with Crippen molar-refractivity contribution in [2.75, 3.05) is 37.7 Å². The number of anilines is 1. The first-order valence-electron chi connectivity index (χ1n) is 12.7. The zero-order chi connectivity index (χ0) is 25.8. The van der Waals surface area contributed by atoms with Gasteiger partial charge in [-0.2, -0.15) is 0 Å². The SMILES string of the molecule is CCOC(=O)C1(COc2ccc3c(c2)CCN(C(=O)OC(C)(C)C)C3)CCN(c2ccncc2)CC1. The molecule has 194 valence electrons. The van der Waals surface area contributed by atoms with E-state index in [2.05, 4.69) is 9.88 Å². The number of aromatic nitrogens is 1. The summed E-state index contributed by atoms with van der Waals surface area (Å²) in [5, 5.41) is 0. The highest BCUT2D eigenvalue weighted by atomic mass is 16.6. The van der Waals surface area contributed by atoms with Gasteiger partial charge < -0.3 is 24.0 Å². The lowest BCUT2D eigenvalue weighted by Gasteiger charge is -2.40. The molecular formula is C28H37N3O5. The number of nitrogens with zero attached hydrogens (tertiary/aromatic N) is 3. The van der Waals surface area contributed by atoms with Crippen LogP contribution in [0.1, 0.15) is 51.7 Å². The highest BCUT2D eigenvalue weighted by Crippen LogP contribution is 2.36. The van der Waals surface area contributed by atoms with E-state index >= 15 is 0 Å². The summed E-state index contributed by atoms with van der Waals surface area (Å²) in [6.07, 6.45) is 5.33. The van der Waals surface area contributed by atoms with Crippen LogP contribution in [0, 0.1) is 5.41 Å². The van der Waals surface area contributed by atoms with Gasteiger partial charge in [-0.05, 0) is 82.3 Å². The quantitative estimate of drug-likeness (QED) is 0.542. The first-order chi connectivity index (χ1) is 17.2. The average Bonchev–Trinajstić information content (AvgIpc) is 2.87. The first kappa shape index (κ1) is 25.8. The van der Waals surface area contributed by atoms with Crippen molar-refractivity contribution in [1.29, 1.82) is 0 Å². The summed E-state index contributed by atoms with van der Waals surface area (Å²) < 4.78 is 17.2. The Bertz CT molecular complexity index is 1060. The molecule has 0 atom stereocenters. The van der Waals surface area contributed by atoms with Crippen molar-refractivity contribution in [3.8, 4) is 5.75 Å². The molecule has 0 spiro atoms. The number of ether oxygens (including phenoxy) is 3. The second-order valence-corrected chi connectivity index (χ2v) is 10.6. The highest BCUT2D eigenvalue weighted by molar-refractivity contribution is 5.77. The Morgan fingerprint density at radius 3 is 2.42 bits per heavy atom. The van der Waals surface area contributed by atoms with Gasteiger partial charge in [0, 0.05) is 44.3 Å². The van der Waals surface area contributed by atoms with Crippen LogP contribution in [0.25, 0.3) is 0 Å². The molecule has 36 heavy (non-hydrogen) atoms. The summed E-state index contributed by atoms with van der Waals surface area (Å²) in [5.41, 5.74) is 2.16.